The Bertz CT molecular complexity index is 564. The molecule has 1 amide bonds. The first-order chi connectivity index (χ1) is 11.5. The SMILES string of the molecule is COCCOc1ncc(NC(=O)[C@]2(OC)CCC[C@@H](C)C2)cc1C. The van der Waals surface area contributed by atoms with E-state index >= 15 is 0 Å². The van der Waals surface area contributed by atoms with Crippen LogP contribution in [0.2, 0.25) is 0 Å². The molecule has 1 saturated carbocycles. The molecule has 0 saturated heterocycles. The number of methoxy groups -OCH3 is 2. The maximum absolute atomic E-state index is 12.8. The van der Waals surface area contributed by atoms with Crippen molar-refractivity contribution in [3.8, 4) is 5.88 Å². The summed E-state index contributed by atoms with van der Waals surface area (Å²) in [6.45, 7) is 5.02. The second kappa shape index (κ2) is 8.44. The number of amides is 1. The van der Waals surface area contributed by atoms with Crippen molar-refractivity contribution in [3.63, 3.8) is 0 Å². The van der Waals surface area contributed by atoms with E-state index in [4.69, 9.17) is 14.2 Å². The van der Waals surface area contributed by atoms with Crippen LogP contribution in [-0.4, -0.2) is 43.9 Å². The molecule has 0 unspecified atom stereocenters. The first-order valence-corrected chi connectivity index (χ1v) is 8.46. The minimum absolute atomic E-state index is 0.0919. The van der Waals surface area contributed by atoms with E-state index in [1.807, 2.05) is 13.0 Å². The third kappa shape index (κ3) is 4.45. The van der Waals surface area contributed by atoms with E-state index < -0.39 is 5.60 Å². The number of nitrogens with zero attached hydrogens (tertiary/aromatic N) is 1. The summed E-state index contributed by atoms with van der Waals surface area (Å²) in [4.78, 5) is 17.0. The van der Waals surface area contributed by atoms with E-state index in [0.29, 0.717) is 30.7 Å². The van der Waals surface area contributed by atoms with Crippen LogP contribution in [0.5, 0.6) is 5.88 Å². The maximum Gasteiger partial charge on any atom is 0.256 e. The number of pyridine rings is 1. The van der Waals surface area contributed by atoms with Gasteiger partial charge in [-0.25, -0.2) is 4.98 Å². The number of nitrogens with one attached hydrogen (secondary N) is 1. The largest absolute Gasteiger partial charge is 0.475 e. The van der Waals surface area contributed by atoms with E-state index in [0.717, 1.165) is 31.2 Å². The Labute approximate surface area is 143 Å². The molecule has 0 aromatic carbocycles. The smallest absolute Gasteiger partial charge is 0.256 e. The molecule has 1 aromatic rings. The Kier molecular flexibility index (Phi) is 6.57. The standard InChI is InChI=1S/C18H28N2O4/c1-13-6-5-7-18(11-13,23-4)17(21)20-15-10-14(2)16(19-12-15)24-9-8-22-3/h10,12-13H,5-9,11H2,1-4H3,(H,20,21)/t13-,18+/m1/s1. The van der Waals surface area contributed by atoms with E-state index in [9.17, 15) is 4.79 Å². The maximum atomic E-state index is 12.8. The predicted octanol–water partition coefficient (Wildman–Crippen LogP) is 2.95. The topological polar surface area (TPSA) is 69.7 Å². The second-order valence-electron chi connectivity index (χ2n) is 6.54. The third-order valence-electron chi connectivity index (χ3n) is 4.57. The molecule has 6 heteroatoms. The minimum atomic E-state index is -0.737. The molecule has 2 atom stereocenters. The van der Waals surface area contributed by atoms with Crippen LogP contribution in [-0.2, 0) is 14.3 Å². The van der Waals surface area contributed by atoms with Gasteiger partial charge >= 0.3 is 0 Å². The van der Waals surface area contributed by atoms with Crippen LogP contribution in [0.3, 0.4) is 0 Å². The van der Waals surface area contributed by atoms with Crippen LogP contribution < -0.4 is 10.1 Å². The molecule has 0 radical (unpaired) electrons. The van der Waals surface area contributed by atoms with Crippen molar-refractivity contribution >= 4 is 11.6 Å². The first-order valence-electron chi connectivity index (χ1n) is 8.46. The monoisotopic (exact) mass is 336 g/mol. The minimum Gasteiger partial charge on any atom is -0.475 e. The summed E-state index contributed by atoms with van der Waals surface area (Å²) in [5, 5.41) is 2.95. The lowest BCUT2D eigenvalue weighted by Crippen LogP contribution is -2.47. The van der Waals surface area contributed by atoms with Crippen LogP contribution in [0.4, 0.5) is 5.69 Å². The van der Waals surface area contributed by atoms with Gasteiger partial charge in [-0.1, -0.05) is 13.3 Å². The van der Waals surface area contributed by atoms with Crippen LogP contribution in [0, 0.1) is 12.8 Å². The van der Waals surface area contributed by atoms with E-state index in [2.05, 4.69) is 17.2 Å². The molecule has 1 heterocycles. The number of carbonyl (C=O) groups is 1. The fourth-order valence-electron chi connectivity index (χ4n) is 3.24. The molecular formula is C18H28N2O4. The normalized spacial score (nSPS) is 23.8. The number of ether oxygens (including phenoxy) is 3. The lowest BCUT2D eigenvalue weighted by molar-refractivity contribution is -0.143. The fourth-order valence-corrected chi connectivity index (χ4v) is 3.24. The summed E-state index contributed by atoms with van der Waals surface area (Å²) in [7, 11) is 3.24. The van der Waals surface area contributed by atoms with Crippen molar-refractivity contribution < 1.29 is 19.0 Å². The number of hydrogen-bond acceptors (Lipinski definition) is 5. The predicted molar refractivity (Wildman–Crippen MR) is 92.3 cm³/mol. The average molecular weight is 336 g/mol. The van der Waals surface area contributed by atoms with Crippen LogP contribution >= 0.6 is 0 Å². The lowest BCUT2D eigenvalue weighted by Gasteiger charge is -2.37. The van der Waals surface area contributed by atoms with Gasteiger partial charge in [0.15, 0.2) is 0 Å². The molecule has 0 bridgehead atoms. The zero-order chi connectivity index (χ0) is 17.6. The summed E-state index contributed by atoms with van der Waals surface area (Å²) >= 11 is 0. The molecule has 1 aromatic heterocycles. The Morgan fingerprint density at radius 3 is 2.83 bits per heavy atom. The van der Waals surface area contributed by atoms with Gasteiger partial charge in [0.05, 0.1) is 18.5 Å². The highest BCUT2D eigenvalue weighted by molar-refractivity contribution is 5.97. The molecule has 134 valence electrons. The molecule has 1 fully saturated rings. The number of aryl methyl sites for hydroxylation is 1. The Hall–Kier alpha value is -1.66. The summed E-state index contributed by atoms with van der Waals surface area (Å²) in [5.41, 5.74) is 0.790. The zero-order valence-electron chi connectivity index (χ0n) is 15.1. The number of anilines is 1. The lowest BCUT2D eigenvalue weighted by atomic mass is 9.78. The summed E-state index contributed by atoms with van der Waals surface area (Å²) < 4.78 is 16.1. The number of aromatic nitrogens is 1. The second-order valence-corrected chi connectivity index (χ2v) is 6.54. The van der Waals surface area contributed by atoms with E-state index in [1.54, 1.807) is 20.4 Å². The van der Waals surface area contributed by atoms with Gasteiger partial charge in [0.1, 0.15) is 12.2 Å². The molecule has 6 nitrogen and oxygen atoms in total. The molecule has 1 N–H and O–H groups in total. The quantitative estimate of drug-likeness (QED) is 0.775. The highest BCUT2D eigenvalue weighted by Gasteiger charge is 2.42. The van der Waals surface area contributed by atoms with Crippen molar-refractivity contribution in [2.24, 2.45) is 5.92 Å². The van der Waals surface area contributed by atoms with Gasteiger partial charge in [-0.2, -0.15) is 0 Å². The molecule has 1 aliphatic rings. The van der Waals surface area contributed by atoms with Gasteiger partial charge in [0.25, 0.3) is 5.91 Å². The first kappa shape index (κ1) is 18.7. The van der Waals surface area contributed by atoms with Crippen molar-refractivity contribution in [1.82, 2.24) is 4.98 Å². The molecule has 24 heavy (non-hydrogen) atoms. The summed E-state index contributed by atoms with van der Waals surface area (Å²) in [6, 6.07) is 1.86. The number of carbonyl (C=O) groups excluding carboxylic acids is 1. The molecule has 1 aliphatic carbocycles. The summed E-state index contributed by atoms with van der Waals surface area (Å²) in [5.74, 6) is 0.949. The highest BCUT2D eigenvalue weighted by atomic mass is 16.5. The van der Waals surface area contributed by atoms with Crippen molar-refractivity contribution in [3.05, 3.63) is 17.8 Å². The Balaban J connectivity index is 2.04. The van der Waals surface area contributed by atoms with Crippen molar-refractivity contribution in [1.29, 1.82) is 0 Å². The average Bonchev–Trinajstić information content (AvgIpc) is 2.56. The fraction of sp³-hybridized carbons (Fsp3) is 0.667. The molecule has 0 aliphatic heterocycles. The Morgan fingerprint density at radius 2 is 2.21 bits per heavy atom. The van der Waals surface area contributed by atoms with Gasteiger partial charge in [-0.15, -0.1) is 0 Å². The van der Waals surface area contributed by atoms with Crippen molar-refractivity contribution in [2.75, 3.05) is 32.8 Å². The molecule has 0 spiro atoms. The van der Waals surface area contributed by atoms with E-state index in [1.165, 1.54) is 0 Å². The summed E-state index contributed by atoms with van der Waals surface area (Å²) in [6.07, 6.45) is 5.27. The van der Waals surface area contributed by atoms with Crippen LogP contribution in [0.15, 0.2) is 12.3 Å². The van der Waals surface area contributed by atoms with Gasteiger partial charge in [0.2, 0.25) is 5.88 Å². The van der Waals surface area contributed by atoms with Crippen LogP contribution in [0.25, 0.3) is 0 Å². The van der Waals surface area contributed by atoms with Crippen LogP contribution in [0.1, 0.15) is 38.2 Å². The van der Waals surface area contributed by atoms with Crippen molar-refractivity contribution in [2.45, 2.75) is 45.1 Å². The van der Waals surface area contributed by atoms with Gasteiger partial charge in [0, 0.05) is 19.8 Å². The highest BCUT2D eigenvalue weighted by Crippen LogP contribution is 2.35. The molecular weight excluding hydrogens is 308 g/mol. The third-order valence-corrected chi connectivity index (χ3v) is 4.57. The Morgan fingerprint density at radius 1 is 1.42 bits per heavy atom. The number of rotatable bonds is 7. The molecule has 2 rings (SSSR count). The van der Waals surface area contributed by atoms with E-state index in [-0.39, 0.29) is 5.91 Å². The van der Waals surface area contributed by atoms with Gasteiger partial charge < -0.3 is 19.5 Å². The van der Waals surface area contributed by atoms with Gasteiger partial charge in [-0.05, 0) is 38.2 Å². The number of hydrogen-bond donors (Lipinski definition) is 1. The van der Waals surface area contributed by atoms with Gasteiger partial charge in [-0.3, -0.25) is 4.79 Å². The zero-order valence-corrected chi connectivity index (χ0v) is 15.1.